The van der Waals surface area contributed by atoms with Crippen molar-refractivity contribution in [2.24, 2.45) is 0 Å². The van der Waals surface area contributed by atoms with Gasteiger partial charge in [-0.1, -0.05) is 14.9 Å². The molecule has 2 saturated heterocycles. The summed E-state index contributed by atoms with van der Waals surface area (Å²) in [6, 6.07) is 0. The van der Waals surface area contributed by atoms with Crippen LogP contribution in [0.25, 0.3) is 0 Å². The molecular weight excluding hydrogens is 1290 g/mol. The Kier molecular flexibility index (Phi) is 31.6. The average molecular weight is 1390 g/mol. The molecule has 2 fully saturated rings. The molecule has 0 N–H and O–H groups in total. The van der Waals surface area contributed by atoms with Gasteiger partial charge < -0.3 is 115 Å². The molecule has 0 amide bonds. The molecular formula is C34H104O27Si16. The van der Waals surface area contributed by atoms with Gasteiger partial charge in [-0.25, -0.2) is 0 Å². The smallest absolute Gasteiger partial charge is 0.417 e. The standard InChI is InChI=1S/C16H48O19Si8.C16H48O8Si8.2CH4/c1-17-36(12,18-2)28-37(13)29-38(14,33-41(19-3,20-4)21-5)31-40(16,35-43(25-9,26-10)27-11)32-39(15,30-37)34-42(22-6,23-7)24-8;1-25(2,3)17-29(13)21-30(14,18-26(4,5)6)23-32(16,20-28(10,11)12)24-31(15,22-29)19-27(7,8)9;;/h1-16H3;1-16H3;2*1H4. The highest BCUT2D eigenvalue weighted by Crippen LogP contribution is 2.40. The van der Waals surface area contributed by atoms with Crippen molar-refractivity contribution in [2.75, 3.05) is 78.2 Å². The zero-order valence-corrected chi connectivity index (χ0v) is 67.0. The lowest BCUT2D eigenvalue weighted by molar-refractivity contribution is -0.0133. The van der Waals surface area contributed by atoms with Gasteiger partial charge in [0.25, 0.3) is 0 Å². The van der Waals surface area contributed by atoms with Gasteiger partial charge >= 0.3 is 106 Å². The first kappa shape index (κ1) is 81.5. The third kappa shape index (κ3) is 26.5. The van der Waals surface area contributed by atoms with Gasteiger partial charge in [0.05, 0.1) is 0 Å². The van der Waals surface area contributed by atoms with E-state index in [9.17, 15) is 0 Å². The Balaban J connectivity index is 0. The number of hydrogen-bond acceptors (Lipinski definition) is 27. The Hall–Kier alpha value is 2.39. The maximum atomic E-state index is 6.76. The summed E-state index contributed by atoms with van der Waals surface area (Å²) >= 11 is 0. The molecule has 0 aromatic carbocycles. The van der Waals surface area contributed by atoms with E-state index < -0.39 is 140 Å². The fraction of sp³-hybridized carbons (Fsp3) is 1.00. The third-order valence-electron chi connectivity index (χ3n) is 9.23. The van der Waals surface area contributed by atoms with Crippen LogP contribution in [0.2, 0.25) is 137 Å². The highest BCUT2D eigenvalue weighted by atomic mass is 28.6. The van der Waals surface area contributed by atoms with Crippen molar-refractivity contribution < 1.29 is 115 Å². The Morgan fingerprint density at radius 2 is 0.338 bits per heavy atom. The summed E-state index contributed by atoms with van der Waals surface area (Å²) in [5.41, 5.74) is 0. The highest BCUT2D eigenvalue weighted by molar-refractivity contribution is 6.97. The van der Waals surface area contributed by atoms with E-state index in [0.29, 0.717) is 0 Å². The van der Waals surface area contributed by atoms with Crippen LogP contribution in [0.5, 0.6) is 0 Å². The summed E-state index contributed by atoms with van der Waals surface area (Å²) in [6.45, 7) is 41.1. The SMILES string of the molecule is C.C.CO[Si](C)(OC)O[Si]1(C)O[Si](C)(O[Si](OC)(OC)OC)O[Si](C)(O[Si](OC)(OC)OC)O[Si](C)(O[Si](OC)(OC)OC)O1.C[Si](C)(C)O[Si]1(C)O[Si](C)(O[Si](C)(C)C)O[Si](C)(O[Si](C)(C)C)O[Si](C)(O[Si](C)(C)C)O1. The minimum atomic E-state index is -4.17. The molecule has 0 spiro atoms. The normalized spacial score (nSPS) is 31.6. The summed E-state index contributed by atoms with van der Waals surface area (Å²) in [5, 5.41) is 0. The van der Waals surface area contributed by atoms with E-state index in [0.717, 1.165) is 0 Å². The van der Waals surface area contributed by atoms with Crippen LogP contribution in [0.4, 0.5) is 0 Å². The Morgan fingerprint density at radius 1 is 0.208 bits per heavy atom. The van der Waals surface area contributed by atoms with E-state index in [4.69, 9.17) is 115 Å². The molecule has 0 bridgehead atoms. The largest absolute Gasteiger partial charge is 0.671 e. The van der Waals surface area contributed by atoms with Crippen LogP contribution < -0.4 is 0 Å². The summed E-state index contributed by atoms with van der Waals surface area (Å²) in [5.74, 6) is 0. The van der Waals surface area contributed by atoms with Crippen molar-refractivity contribution in [3.63, 3.8) is 0 Å². The Bertz CT molecular complexity index is 1570. The molecule has 2 rings (SSSR count). The van der Waals surface area contributed by atoms with Crippen molar-refractivity contribution in [1.82, 2.24) is 0 Å². The fourth-order valence-electron chi connectivity index (χ4n) is 7.73. The summed E-state index contributed by atoms with van der Waals surface area (Å²) in [4.78, 5) is 0. The molecule has 0 aromatic rings. The molecule has 0 aliphatic carbocycles. The molecule has 0 aromatic heterocycles. The lowest BCUT2D eigenvalue weighted by Crippen LogP contribution is -2.76. The van der Waals surface area contributed by atoms with E-state index in [1.165, 1.54) is 84.8 Å². The molecule has 0 radical (unpaired) electrons. The van der Waals surface area contributed by atoms with Gasteiger partial charge in [0.15, 0.2) is 33.3 Å². The second kappa shape index (κ2) is 29.9. The van der Waals surface area contributed by atoms with Crippen molar-refractivity contribution in [3.8, 4) is 0 Å². The predicted octanol–water partition coefficient (Wildman–Crippen LogP) is 7.41. The van der Waals surface area contributed by atoms with E-state index in [1.54, 1.807) is 26.2 Å². The van der Waals surface area contributed by atoms with Gasteiger partial charge in [0.1, 0.15) is 0 Å². The lowest BCUT2D eigenvalue weighted by Gasteiger charge is -2.51. The predicted molar refractivity (Wildman–Crippen MR) is 323 cm³/mol. The zero-order chi connectivity index (χ0) is 59.1. The van der Waals surface area contributed by atoms with Gasteiger partial charge in [0.2, 0.25) is 0 Å². The van der Waals surface area contributed by atoms with Crippen molar-refractivity contribution in [1.29, 1.82) is 0 Å². The van der Waals surface area contributed by atoms with Gasteiger partial charge in [-0.2, -0.15) is 0 Å². The van der Waals surface area contributed by atoms with Gasteiger partial charge in [0, 0.05) is 137 Å². The highest BCUT2D eigenvalue weighted by Gasteiger charge is 2.71. The maximum absolute atomic E-state index is 6.76. The molecule has 2 aliphatic heterocycles. The van der Waals surface area contributed by atoms with Crippen LogP contribution in [0, 0.1) is 0 Å². The molecule has 27 nitrogen and oxygen atoms in total. The quantitative estimate of drug-likeness (QED) is 0.0726. The molecule has 2 atom stereocenters. The van der Waals surface area contributed by atoms with E-state index >= 15 is 0 Å². The van der Waals surface area contributed by atoms with Gasteiger partial charge in [-0.15, -0.1) is 0 Å². The van der Waals surface area contributed by atoms with Crippen LogP contribution in [0.1, 0.15) is 14.9 Å². The second-order valence-corrected chi connectivity index (χ2v) is 74.6. The van der Waals surface area contributed by atoms with Crippen LogP contribution in [-0.4, -0.2) is 218 Å². The van der Waals surface area contributed by atoms with Crippen LogP contribution in [-0.2, 0) is 115 Å². The molecule has 2 aliphatic rings. The first-order valence-electron chi connectivity index (χ1n) is 23.8. The molecule has 0 saturated carbocycles. The maximum Gasteiger partial charge on any atom is 0.671 e. The lowest BCUT2D eigenvalue weighted by atomic mass is 11.8. The van der Waals surface area contributed by atoms with Crippen LogP contribution in [0.3, 0.4) is 0 Å². The van der Waals surface area contributed by atoms with Crippen LogP contribution >= 0.6 is 0 Å². The summed E-state index contributed by atoms with van der Waals surface area (Å²) in [7, 11) is -37.5. The van der Waals surface area contributed by atoms with E-state index in [1.807, 2.05) is 26.2 Å². The van der Waals surface area contributed by atoms with Crippen molar-refractivity contribution >= 4 is 140 Å². The summed E-state index contributed by atoms with van der Waals surface area (Å²) in [6.07, 6.45) is 0. The second-order valence-electron chi connectivity index (χ2n) is 21.6. The molecule has 466 valence electrons. The molecule has 77 heavy (non-hydrogen) atoms. The minimum absolute atomic E-state index is 0. The number of rotatable bonds is 27. The molecule has 2 heterocycles. The van der Waals surface area contributed by atoms with Gasteiger partial charge in [-0.3, -0.25) is 0 Å². The zero-order valence-electron chi connectivity index (χ0n) is 51.0. The number of hydrogen-bond donors (Lipinski definition) is 0. The topological polar surface area (TPSA) is 249 Å². The monoisotopic (exact) mass is 1390 g/mol. The minimum Gasteiger partial charge on any atom is -0.417 e. The third-order valence-corrected chi connectivity index (χ3v) is 65.1. The Morgan fingerprint density at radius 3 is 0.455 bits per heavy atom. The van der Waals surface area contributed by atoms with E-state index in [-0.39, 0.29) is 14.9 Å². The van der Waals surface area contributed by atoms with Crippen LogP contribution in [0.15, 0.2) is 0 Å². The fourth-order valence-corrected chi connectivity index (χ4v) is 73.6. The van der Waals surface area contributed by atoms with Crippen molar-refractivity contribution in [3.05, 3.63) is 0 Å². The molecule has 43 heteroatoms. The average Bonchev–Trinajstić information content (AvgIpc) is 3.19. The summed E-state index contributed by atoms with van der Waals surface area (Å²) < 4.78 is 166. The molecule has 2 unspecified atom stereocenters. The van der Waals surface area contributed by atoms with Gasteiger partial charge in [-0.05, 0) is 78.6 Å². The van der Waals surface area contributed by atoms with Crippen molar-refractivity contribution in [2.45, 2.75) is 152 Å². The Labute approximate surface area is 481 Å². The first-order chi connectivity index (χ1) is 33.5. The first-order valence-corrected chi connectivity index (χ1v) is 62.3. The van der Waals surface area contributed by atoms with E-state index in [2.05, 4.69) is 78.6 Å².